The summed E-state index contributed by atoms with van der Waals surface area (Å²) in [5.74, 6) is 1.11. The van der Waals surface area contributed by atoms with Crippen molar-refractivity contribution in [2.45, 2.75) is 10.9 Å². The standard InChI is InChI=1S/C23H21BrN2O4S/c1-29-22-13-10-17(14-23(22)30-2)21-15-20(16-8-11-18(24)12-9-16)25-26(21)31(27,28)19-6-4-3-5-7-19/h3-15,21,25H,1-2H3/t21-/m0/s1. The quantitative estimate of drug-likeness (QED) is 0.528. The number of hydrogen-bond acceptors (Lipinski definition) is 5. The molecule has 0 aliphatic carbocycles. The molecule has 1 atom stereocenters. The molecule has 3 aromatic carbocycles. The zero-order valence-corrected chi connectivity index (χ0v) is 19.4. The van der Waals surface area contributed by atoms with E-state index in [1.165, 1.54) is 4.41 Å². The predicted molar refractivity (Wildman–Crippen MR) is 123 cm³/mol. The van der Waals surface area contributed by atoms with Crippen LogP contribution in [0.4, 0.5) is 0 Å². The maximum Gasteiger partial charge on any atom is 0.260 e. The second kappa shape index (κ2) is 8.74. The van der Waals surface area contributed by atoms with Crippen molar-refractivity contribution in [2.24, 2.45) is 0 Å². The first-order valence-corrected chi connectivity index (χ1v) is 11.7. The highest BCUT2D eigenvalue weighted by Crippen LogP contribution is 2.38. The van der Waals surface area contributed by atoms with Crippen LogP contribution in [0.25, 0.3) is 5.70 Å². The van der Waals surface area contributed by atoms with Crippen molar-refractivity contribution >= 4 is 31.7 Å². The molecule has 1 heterocycles. The lowest BCUT2D eigenvalue weighted by Crippen LogP contribution is -2.39. The number of ether oxygens (including phenoxy) is 2. The van der Waals surface area contributed by atoms with Crippen molar-refractivity contribution in [2.75, 3.05) is 14.2 Å². The van der Waals surface area contributed by atoms with Gasteiger partial charge in [0.15, 0.2) is 11.5 Å². The van der Waals surface area contributed by atoms with Gasteiger partial charge in [-0.05, 0) is 53.6 Å². The van der Waals surface area contributed by atoms with Gasteiger partial charge in [0, 0.05) is 4.47 Å². The molecule has 1 aliphatic heterocycles. The van der Waals surface area contributed by atoms with Gasteiger partial charge in [-0.3, -0.25) is 0 Å². The summed E-state index contributed by atoms with van der Waals surface area (Å²) in [4.78, 5) is 0.207. The Hall–Kier alpha value is -2.81. The Kier molecular flexibility index (Phi) is 6.04. The monoisotopic (exact) mass is 500 g/mol. The lowest BCUT2D eigenvalue weighted by molar-refractivity contribution is 0.340. The van der Waals surface area contributed by atoms with Gasteiger partial charge in [0.05, 0.1) is 30.9 Å². The molecule has 0 amide bonds. The molecule has 0 aromatic heterocycles. The molecule has 4 rings (SSSR count). The highest BCUT2D eigenvalue weighted by Gasteiger charge is 2.37. The predicted octanol–water partition coefficient (Wildman–Crippen LogP) is 4.76. The van der Waals surface area contributed by atoms with E-state index in [-0.39, 0.29) is 4.90 Å². The second-order valence-corrected chi connectivity index (χ2v) is 9.60. The van der Waals surface area contributed by atoms with Crippen LogP contribution in [0, 0.1) is 0 Å². The summed E-state index contributed by atoms with van der Waals surface area (Å²) in [6, 6.07) is 20.9. The molecule has 0 unspecified atom stereocenters. The van der Waals surface area contributed by atoms with Crippen LogP contribution in [0.3, 0.4) is 0 Å². The van der Waals surface area contributed by atoms with Crippen LogP contribution in [-0.2, 0) is 10.0 Å². The van der Waals surface area contributed by atoms with Crippen LogP contribution >= 0.6 is 15.9 Å². The average molecular weight is 501 g/mol. The van der Waals surface area contributed by atoms with Crippen LogP contribution in [0.2, 0.25) is 0 Å². The van der Waals surface area contributed by atoms with Gasteiger partial charge in [-0.2, -0.15) is 0 Å². The maximum absolute atomic E-state index is 13.5. The lowest BCUT2D eigenvalue weighted by atomic mass is 10.0. The number of nitrogens with zero attached hydrogens (tertiary/aromatic N) is 1. The van der Waals surface area contributed by atoms with E-state index in [1.54, 1.807) is 56.7 Å². The number of rotatable bonds is 6. The third-order valence-corrected chi connectivity index (χ3v) is 7.25. The normalized spacial score (nSPS) is 16.5. The molecular weight excluding hydrogens is 480 g/mol. The molecular formula is C23H21BrN2O4S. The number of halogens is 1. The van der Waals surface area contributed by atoms with E-state index in [1.807, 2.05) is 36.4 Å². The first-order valence-electron chi connectivity index (χ1n) is 9.50. The van der Waals surface area contributed by atoms with Crippen molar-refractivity contribution in [1.82, 2.24) is 9.84 Å². The molecule has 0 spiro atoms. The van der Waals surface area contributed by atoms with Crippen molar-refractivity contribution < 1.29 is 17.9 Å². The SMILES string of the molecule is COc1ccc([C@@H]2C=C(c3ccc(Br)cc3)NN2S(=O)(=O)c2ccccc2)cc1OC. The number of nitrogens with one attached hydrogen (secondary N) is 1. The third-order valence-electron chi connectivity index (χ3n) is 5.01. The van der Waals surface area contributed by atoms with Gasteiger partial charge in [0.1, 0.15) is 0 Å². The Balaban J connectivity index is 1.81. The summed E-state index contributed by atoms with van der Waals surface area (Å²) in [6.07, 6.45) is 1.89. The number of hydrogen-bond donors (Lipinski definition) is 1. The molecule has 0 saturated carbocycles. The van der Waals surface area contributed by atoms with E-state index in [0.717, 1.165) is 15.6 Å². The molecule has 1 aliphatic rings. The van der Waals surface area contributed by atoms with Gasteiger partial charge in [0.2, 0.25) is 0 Å². The maximum atomic E-state index is 13.5. The Morgan fingerprint density at radius 1 is 0.903 bits per heavy atom. The summed E-state index contributed by atoms with van der Waals surface area (Å²) in [5.41, 5.74) is 5.42. The van der Waals surface area contributed by atoms with E-state index < -0.39 is 16.1 Å². The van der Waals surface area contributed by atoms with Crippen LogP contribution in [0.5, 0.6) is 11.5 Å². The summed E-state index contributed by atoms with van der Waals surface area (Å²) in [7, 11) is -0.718. The minimum Gasteiger partial charge on any atom is -0.493 e. The lowest BCUT2D eigenvalue weighted by Gasteiger charge is -2.25. The molecule has 160 valence electrons. The van der Waals surface area contributed by atoms with Gasteiger partial charge < -0.3 is 14.9 Å². The van der Waals surface area contributed by atoms with Gasteiger partial charge >= 0.3 is 0 Å². The highest BCUT2D eigenvalue weighted by atomic mass is 79.9. The van der Waals surface area contributed by atoms with Crippen LogP contribution in [0.15, 0.2) is 88.2 Å². The summed E-state index contributed by atoms with van der Waals surface area (Å²) >= 11 is 3.43. The number of methoxy groups -OCH3 is 2. The molecule has 0 bridgehead atoms. The van der Waals surface area contributed by atoms with Gasteiger partial charge in [-0.25, -0.2) is 8.42 Å². The smallest absolute Gasteiger partial charge is 0.260 e. The van der Waals surface area contributed by atoms with Crippen LogP contribution in [-0.4, -0.2) is 27.1 Å². The van der Waals surface area contributed by atoms with E-state index in [0.29, 0.717) is 17.2 Å². The number of hydrazine groups is 1. The largest absolute Gasteiger partial charge is 0.493 e. The Morgan fingerprint density at radius 3 is 2.23 bits per heavy atom. The zero-order chi connectivity index (χ0) is 22.0. The number of sulfonamides is 1. The summed E-state index contributed by atoms with van der Waals surface area (Å²) in [5, 5.41) is 0. The van der Waals surface area contributed by atoms with E-state index in [9.17, 15) is 8.42 Å². The minimum atomic E-state index is -3.83. The van der Waals surface area contributed by atoms with Gasteiger partial charge in [0.25, 0.3) is 10.0 Å². The molecule has 0 saturated heterocycles. The zero-order valence-electron chi connectivity index (χ0n) is 16.9. The molecule has 31 heavy (non-hydrogen) atoms. The van der Waals surface area contributed by atoms with E-state index in [4.69, 9.17) is 9.47 Å². The van der Waals surface area contributed by atoms with E-state index in [2.05, 4.69) is 21.4 Å². The fourth-order valence-corrected chi connectivity index (χ4v) is 5.12. The third kappa shape index (κ3) is 4.19. The fourth-order valence-electron chi connectivity index (χ4n) is 3.43. The molecule has 6 nitrogen and oxygen atoms in total. The molecule has 3 aromatic rings. The minimum absolute atomic E-state index is 0.207. The van der Waals surface area contributed by atoms with Crippen molar-refractivity contribution in [3.05, 3.63) is 94.5 Å². The molecule has 1 N–H and O–H groups in total. The Morgan fingerprint density at radius 2 is 1.58 bits per heavy atom. The van der Waals surface area contributed by atoms with Crippen LogP contribution < -0.4 is 14.9 Å². The van der Waals surface area contributed by atoms with Gasteiger partial charge in [-0.1, -0.05) is 52.3 Å². The first-order chi connectivity index (χ1) is 14.9. The Bertz CT molecular complexity index is 1210. The van der Waals surface area contributed by atoms with Crippen molar-refractivity contribution in [3.8, 4) is 11.5 Å². The molecule has 8 heteroatoms. The van der Waals surface area contributed by atoms with Crippen molar-refractivity contribution in [3.63, 3.8) is 0 Å². The highest BCUT2D eigenvalue weighted by molar-refractivity contribution is 9.10. The molecule has 0 fully saturated rings. The van der Waals surface area contributed by atoms with Gasteiger partial charge in [-0.15, -0.1) is 4.41 Å². The Labute approximate surface area is 190 Å². The second-order valence-electron chi connectivity index (χ2n) is 6.87. The summed E-state index contributed by atoms with van der Waals surface area (Å²) in [6.45, 7) is 0. The number of benzene rings is 3. The average Bonchev–Trinajstić information content (AvgIpc) is 3.26. The van der Waals surface area contributed by atoms with Crippen molar-refractivity contribution in [1.29, 1.82) is 0 Å². The van der Waals surface area contributed by atoms with E-state index >= 15 is 0 Å². The topological polar surface area (TPSA) is 67.9 Å². The molecule has 0 radical (unpaired) electrons. The fraction of sp³-hybridized carbons (Fsp3) is 0.130. The summed E-state index contributed by atoms with van der Waals surface area (Å²) < 4.78 is 40.0. The van der Waals surface area contributed by atoms with Crippen LogP contribution in [0.1, 0.15) is 17.2 Å². The first kappa shape index (κ1) is 21.4.